The summed E-state index contributed by atoms with van der Waals surface area (Å²) in [6.45, 7) is 1.13. The van der Waals surface area contributed by atoms with E-state index in [-0.39, 0.29) is 12.4 Å². The first-order valence-corrected chi connectivity index (χ1v) is 7.08. The Morgan fingerprint density at radius 3 is 2.80 bits per heavy atom. The van der Waals surface area contributed by atoms with Gasteiger partial charge in [-0.2, -0.15) is 0 Å². The smallest absolute Gasteiger partial charge is 0.319 e. The fraction of sp³-hybridized carbons (Fsp3) is 0.462. The third-order valence-electron chi connectivity index (χ3n) is 3.18. The molecule has 7 heteroatoms. The average molecular weight is 347 g/mol. The van der Waals surface area contributed by atoms with Gasteiger partial charge in [-0.25, -0.2) is 9.18 Å². The van der Waals surface area contributed by atoms with Gasteiger partial charge in [0.05, 0.1) is 11.3 Å². The summed E-state index contributed by atoms with van der Waals surface area (Å²) in [5.74, 6) is -0.389. The molecule has 1 heterocycles. The van der Waals surface area contributed by atoms with Crippen LogP contribution in [-0.4, -0.2) is 36.5 Å². The summed E-state index contributed by atoms with van der Waals surface area (Å²) in [7, 11) is 0. The van der Waals surface area contributed by atoms with Gasteiger partial charge in [0.25, 0.3) is 0 Å². The van der Waals surface area contributed by atoms with Crippen LogP contribution in [0.15, 0.2) is 22.7 Å². The number of rotatable bonds is 3. The maximum absolute atomic E-state index is 12.9. The SMILES string of the molecule is O=C(NCC1(O)CCOCC1)Nc1ccc(F)cc1Br. The molecule has 5 nitrogen and oxygen atoms in total. The van der Waals surface area contributed by atoms with Crippen molar-refractivity contribution < 1.29 is 19.0 Å². The molecule has 0 aliphatic carbocycles. The average Bonchev–Trinajstić information content (AvgIpc) is 2.41. The number of ether oxygens (including phenoxy) is 1. The van der Waals surface area contributed by atoms with Gasteiger partial charge in [0.2, 0.25) is 0 Å². The molecule has 1 fully saturated rings. The van der Waals surface area contributed by atoms with E-state index >= 15 is 0 Å². The van der Waals surface area contributed by atoms with Crippen LogP contribution in [0.5, 0.6) is 0 Å². The summed E-state index contributed by atoms with van der Waals surface area (Å²) in [5, 5.41) is 15.4. The second-order valence-corrected chi connectivity index (χ2v) is 5.62. The topological polar surface area (TPSA) is 70.6 Å². The van der Waals surface area contributed by atoms with Crippen LogP contribution in [0.2, 0.25) is 0 Å². The fourth-order valence-electron chi connectivity index (χ4n) is 1.93. The Bertz CT molecular complexity index is 493. The number of urea groups is 1. The van der Waals surface area contributed by atoms with Crippen LogP contribution < -0.4 is 10.6 Å². The molecule has 0 bridgehead atoms. The molecule has 2 amide bonds. The van der Waals surface area contributed by atoms with E-state index in [1.54, 1.807) is 0 Å². The number of amides is 2. The van der Waals surface area contributed by atoms with E-state index in [0.717, 1.165) is 0 Å². The van der Waals surface area contributed by atoms with Crippen molar-refractivity contribution in [3.63, 3.8) is 0 Å². The van der Waals surface area contributed by atoms with E-state index in [9.17, 15) is 14.3 Å². The zero-order valence-corrected chi connectivity index (χ0v) is 12.4. The Labute approximate surface area is 124 Å². The molecular formula is C13H16BrFN2O3. The Kier molecular flexibility index (Phi) is 4.95. The van der Waals surface area contributed by atoms with Crippen LogP contribution in [0.25, 0.3) is 0 Å². The van der Waals surface area contributed by atoms with E-state index in [1.165, 1.54) is 18.2 Å². The van der Waals surface area contributed by atoms with Gasteiger partial charge in [0.1, 0.15) is 5.82 Å². The summed E-state index contributed by atoms with van der Waals surface area (Å²) in [5.41, 5.74) is -0.460. The molecule has 1 aliphatic heterocycles. The van der Waals surface area contributed by atoms with Gasteiger partial charge in [-0.1, -0.05) is 0 Å². The lowest BCUT2D eigenvalue weighted by molar-refractivity contribution is -0.0598. The first-order valence-electron chi connectivity index (χ1n) is 6.29. The first-order chi connectivity index (χ1) is 9.48. The molecule has 1 saturated heterocycles. The number of nitrogens with one attached hydrogen (secondary N) is 2. The molecule has 0 atom stereocenters. The minimum absolute atomic E-state index is 0.154. The predicted molar refractivity (Wildman–Crippen MR) is 76.1 cm³/mol. The molecule has 2 rings (SSSR count). The number of anilines is 1. The highest BCUT2D eigenvalue weighted by Gasteiger charge is 2.30. The quantitative estimate of drug-likeness (QED) is 0.786. The number of hydrogen-bond acceptors (Lipinski definition) is 3. The van der Waals surface area contributed by atoms with E-state index in [2.05, 4.69) is 26.6 Å². The fourth-order valence-corrected chi connectivity index (χ4v) is 2.38. The first kappa shape index (κ1) is 15.2. The maximum Gasteiger partial charge on any atom is 0.319 e. The van der Waals surface area contributed by atoms with Crippen molar-refractivity contribution in [1.29, 1.82) is 0 Å². The molecule has 0 radical (unpaired) electrons. The van der Waals surface area contributed by atoms with Crippen molar-refractivity contribution in [3.8, 4) is 0 Å². The molecule has 110 valence electrons. The standard InChI is InChI=1S/C13H16BrFN2O3/c14-10-7-9(15)1-2-11(10)17-12(18)16-8-13(19)3-5-20-6-4-13/h1-2,7,19H,3-6,8H2,(H2,16,17,18). The van der Waals surface area contributed by atoms with Crippen molar-refractivity contribution in [2.24, 2.45) is 0 Å². The van der Waals surface area contributed by atoms with Crippen molar-refractivity contribution in [3.05, 3.63) is 28.5 Å². The minimum Gasteiger partial charge on any atom is -0.388 e. The molecular weight excluding hydrogens is 331 g/mol. The Hall–Kier alpha value is -1.18. The molecule has 1 aromatic carbocycles. The van der Waals surface area contributed by atoms with Crippen LogP contribution in [0, 0.1) is 5.82 Å². The molecule has 0 spiro atoms. The molecule has 0 aromatic heterocycles. The Morgan fingerprint density at radius 1 is 1.45 bits per heavy atom. The van der Waals surface area contributed by atoms with Crippen LogP contribution in [0.1, 0.15) is 12.8 Å². The van der Waals surface area contributed by atoms with E-state index in [0.29, 0.717) is 36.2 Å². The third-order valence-corrected chi connectivity index (χ3v) is 3.84. The van der Waals surface area contributed by atoms with Gasteiger partial charge in [0, 0.05) is 37.1 Å². The maximum atomic E-state index is 12.9. The summed E-state index contributed by atoms with van der Waals surface area (Å²) in [6, 6.07) is 3.54. The molecule has 0 unspecified atom stereocenters. The van der Waals surface area contributed by atoms with Gasteiger partial charge in [0.15, 0.2) is 0 Å². The largest absolute Gasteiger partial charge is 0.388 e. The lowest BCUT2D eigenvalue weighted by Crippen LogP contribution is -2.47. The number of aliphatic hydroxyl groups is 1. The van der Waals surface area contributed by atoms with Gasteiger partial charge in [-0.15, -0.1) is 0 Å². The van der Waals surface area contributed by atoms with Gasteiger partial charge in [-0.05, 0) is 34.1 Å². The predicted octanol–water partition coefficient (Wildman–Crippen LogP) is 2.25. The van der Waals surface area contributed by atoms with Crippen LogP contribution in [0.4, 0.5) is 14.9 Å². The number of hydrogen-bond donors (Lipinski definition) is 3. The zero-order valence-electron chi connectivity index (χ0n) is 10.8. The van der Waals surface area contributed by atoms with Crippen LogP contribution in [0.3, 0.4) is 0 Å². The highest BCUT2D eigenvalue weighted by molar-refractivity contribution is 9.10. The summed E-state index contributed by atoms with van der Waals surface area (Å²) in [6.07, 6.45) is 0.987. The molecule has 3 N–H and O–H groups in total. The van der Waals surface area contributed by atoms with Crippen molar-refractivity contribution in [2.45, 2.75) is 18.4 Å². The lowest BCUT2D eigenvalue weighted by atomic mass is 9.94. The molecule has 1 aromatic rings. The van der Waals surface area contributed by atoms with E-state index in [1.807, 2.05) is 0 Å². The number of carbonyl (C=O) groups is 1. The molecule has 0 saturated carbocycles. The number of halogens is 2. The minimum atomic E-state index is -0.921. The van der Waals surface area contributed by atoms with Crippen molar-refractivity contribution >= 4 is 27.6 Å². The van der Waals surface area contributed by atoms with Gasteiger partial charge in [-0.3, -0.25) is 0 Å². The monoisotopic (exact) mass is 346 g/mol. The van der Waals surface area contributed by atoms with E-state index in [4.69, 9.17) is 4.74 Å². The Balaban J connectivity index is 1.86. The second kappa shape index (κ2) is 6.51. The third kappa shape index (κ3) is 4.16. The summed E-state index contributed by atoms with van der Waals surface area (Å²) >= 11 is 3.17. The zero-order chi connectivity index (χ0) is 14.6. The van der Waals surface area contributed by atoms with Crippen LogP contribution in [-0.2, 0) is 4.74 Å². The van der Waals surface area contributed by atoms with Gasteiger partial charge >= 0.3 is 6.03 Å². The highest BCUT2D eigenvalue weighted by Crippen LogP contribution is 2.23. The van der Waals surface area contributed by atoms with Crippen LogP contribution >= 0.6 is 15.9 Å². The Morgan fingerprint density at radius 2 is 2.15 bits per heavy atom. The molecule has 20 heavy (non-hydrogen) atoms. The molecule has 1 aliphatic rings. The van der Waals surface area contributed by atoms with Crippen molar-refractivity contribution in [2.75, 3.05) is 25.1 Å². The van der Waals surface area contributed by atoms with E-state index < -0.39 is 11.6 Å². The van der Waals surface area contributed by atoms with Crippen molar-refractivity contribution in [1.82, 2.24) is 5.32 Å². The normalized spacial score (nSPS) is 17.6. The van der Waals surface area contributed by atoms with Gasteiger partial charge < -0.3 is 20.5 Å². The second-order valence-electron chi connectivity index (χ2n) is 4.77. The summed E-state index contributed by atoms with van der Waals surface area (Å²) in [4.78, 5) is 11.8. The highest BCUT2D eigenvalue weighted by atomic mass is 79.9. The number of carbonyl (C=O) groups excluding carboxylic acids is 1. The number of benzene rings is 1. The lowest BCUT2D eigenvalue weighted by Gasteiger charge is -2.32. The summed E-state index contributed by atoms with van der Waals surface area (Å²) < 4.78 is 18.5.